The summed E-state index contributed by atoms with van der Waals surface area (Å²) in [5.74, 6) is 0. The number of hydrogen-bond donors (Lipinski definition) is 1. The van der Waals surface area contributed by atoms with Crippen LogP contribution in [0.2, 0.25) is 0 Å². The lowest BCUT2D eigenvalue weighted by atomic mass is 10.1. The summed E-state index contributed by atoms with van der Waals surface area (Å²) < 4.78 is 1.36. The molecule has 1 aromatic heterocycles. The predicted molar refractivity (Wildman–Crippen MR) is 91.7 cm³/mol. The molecule has 114 valence electrons. The number of nitrogens with zero attached hydrogens (tertiary/aromatic N) is 2. The van der Waals surface area contributed by atoms with Crippen LogP contribution in [-0.2, 0) is 13.1 Å². The number of thiophene rings is 1. The van der Waals surface area contributed by atoms with Crippen LogP contribution < -0.4 is 5.73 Å². The average molecular weight is 303 g/mol. The number of fused-ring (bicyclic) bond motifs is 1. The first-order valence-electron chi connectivity index (χ1n) is 7.88. The molecule has 3 rings (SSSR count). The molecule has 1 fully saturated rings. The first-order chi connectivity index (χ1) is 10.3. The molecular weight excluding hydrogens is 278 g/mol. The van der Waals surface area contributed by atoms with Crippen LogP contribution in [0.4, 0.5) is 0 Å². The fourth-order valence-corrected chi connectivity index (χ4v) is 4.25. The third kappa shape index (κ3) is 3.46. The van der Waals surface area contributed by atoms with Gasteiger partial charge in [0.05, 0.1) is 0 Å². The summed E-state index contributed by atoms with van der Waals surface area (Å²) >= 11 is 1.85. The van der Waals surface area contributed by atoms with Crippen LogP contribution in [-0.4, -0.2) is 43.0 Å². The van der Waals surface area contributed by atoms with Crippen molar-refractivity contribution in [3.8, 4) is 0 Å². The molecule has 0 unspecified atom stereocenters. The van der Waals surface area contributed by atoms with Gasteiger partial charge in [0.1, 0.15) is 0 Å². The van der Waals surface area contributed by atoms with Crippen molar-refractivity contribution in [2.75, 3.05) is 33.2 Å². The van der Waals surface area contributed by atoms with Gasteiger partial charge in [-0.3, -0.25) is 0 Å². The van der Waals surface area contributed by atoms with E-state index in [9.17, 15) is 0 Å². The van der Waals surface area contributed by atoms with Gasteiger partial charge < -0.3 is 15.5 Å². The molecule has 21 heavy (non-hydrogen) atoms. The van der Waals surface area contributed by atoms with Crippen molar-refractivity contribution >= 4 is 21.4 Å². The van der Waals surface area contributed by atoms with Gasteiger partial charge in [0, 0.05) is 35.8 Å². The average Bonchev–Trinajstić information content (AvgIpc) is 3.13. The summed E-state index contributed by atoms with van der Waals surface area (Å²) in [6, 6.07) is 8.67. The molecule has 0 atom stereocenters. The molecule has 0 saturated carbocycles. The molecule has 1 aliphatic rings. The van der Waals surface area contributed by atoms with Gasteiger partial charge in [0.15, 0.2) is 0 Å². The van der Waals surface area contributed by atoms with Crippen molar-refractivity contribution in [2.45, 2.75) is 25.9 Å². The minimum Gasteiger partial charge on any atom is -0.326 e. The van der Waals surface area contributed by atoms with Crippen molar-refractivity contribution in [3.63, 3.8) is 0 Å². The normalized spacial score (nSPS) is 16.3. The molecule has 0 aliphatic carbocycles. The van der Waals surface area contributed by atoms with E-state index in [0.717, 1.165) is 13.1 Å². The lowest BCUT2D eigenvalue weighted by Gasteiger charge is -2.21. The van der Waals surface area contributed by atoms with Gasteiger partial charge in [-0.05, 0) is 50.0 Å². The molecule has 2 N–H and O–H groups in total. The molecule has 2 aromatic rings. The first-order valence-corrected chi connectivity index (χ1v) is 8.70. The Morgan fingerprint density at radius 1 is 1.24 bits per heavy atom. The van der Waals surface area contributed by atoms with Gasteiger partial charge in [-0.2, -0.15) is 0 Å². The Bertz CT molecular complexity index is 587. The van der Waals surface area contributed by atoms with Gasteiger partial charge in [0.2, 0.25) is 0 Å². The third-order valence-corrected chi connectivity index (χ3v) is 5.63. The molecule has 2 heterocycles. The molecule has 0 amide bonds. The van der Waals surface area contributed by atoms with Crippen LogP contribution in [0.1, 0.15) is 23.3 Å². The number of benzene rings is 1. The Balaban J connectivity index is 1.68. The topological polar surface area (TPSA) is 32.5 Å². The van der Waals surface area contributed by atoms with Gasteiger partial charge in [-0.25, -0.2) is 0 Å². The van der Waals surface area contributed by atoms with E-state index in [1.165, 1.54) is 53.0 Å². The Labute approximate surface area is 131 Å². The zero-order valence-electron chi connectivity index (χ0n) is 12.8. The van der Waals surface area contributed by atoms with Gasteiger partial charge >= 0.3 is 0 Å². The Morgan fingerprint density at radius 2 is 2.00 bits per heavy atom. The van der Waals surface area contributed by atoms with E-state index in [-0.39, 0.29) is 0 Å². The lowest BCUT2D eigenvalue weighted by molar-refractivity contribution is 0.252. The lowest BCUT2D eigenvalue weighted by Crippen LogP contribution is -2.31. The molecular formula is C17H25N3S. The highest BCUT2D eigenvalue weighted by Gasteiger charge is 2.15. The summed E-state index contributed by atoms with van der Waals surface area (Å²) in [4.78, 5) is 6.35. The molecule has 1 aromatic carbocycles. The molecule has 0 radical (unpaired) electrons. The fourth-order valence-electron chi connectivity index (χ4n) is 3.16. The van der Waals surface area contributed by atoms with Crippen molar-refractivity contribution in [1.29, 1.82) is 0 Å². The van der Waals surface area contributed by atoms with E-state index in [0.29, 0.717) is 6.54 Å². The van der Waals surface area contributed by atoms with Crippen LogP contribution in [0.3, 0.4) is 0 Å². The van der Waals surface area contributed by atoms with Gasteiger partial charge in [-0.1, -0.05) is 18.2 Å². The quantitative estimate of drug-likeness (QED) is 0.890. The maximum Gasteiger partial charge on any atom is 0.0349 e. The number of rotatable bonds is 6. The number of likely N-dealkylation sites (tertiary alicyclic amines) is 1. The maximum atomic E-state index is 5.95. The van der Waals surface area contributed by atoms with E-state index < -0.39 is 0 Å². The zero-order chi connectivity index (χ0) is 14.7. The van der Waals surface area contributed by atoms with E-state index >= 15 is 0 Å². The minimum atomic E-state index is 0.647. The van der Waals surface area contributed by atoms with Crippen LogP contribution in [0.25, 0.3) is 10.1 Å². The molecule has 0 bridgehead atoms. The van der Waals surface area contributed by atoms with Crippen molar-refractivity contribution in [3.05, 3.63) is 34.7 Å². The maximum absolute atomic E-state index is 5.95. The van der Waals surface area contributed by atoms with E-state index in [4.69, 9.17) is 5.73 Å². The molecule has 0 spiro atoms. The summed E-state index contributed by atoms with van der Waals surface area (Å²) in [6.45, 7) is 6.54. The Kier molecular flexibility index (Phi) is 4.91. The van der Waals surface area contributed by atoms with Crippen LogP contribution in [0.15, 0.2) is 24.3 Å². The van der Waals surface area contributed by atoms with Crippen LogP contribution in [0, 0.1) is 0 Å². The summed E-state index contributed by atoms with van der Waals surface area (Å²) in [6.07, 6.45) is 2.74. The Hall–Kier alpha value is -0.940. The van der Waals surface area contributed by atoms with Gasteiger partial charge in [0.25, 0.3) is 0 Å². The van der Waals surface area contributed by atoms with Crippen LogP contribution in [0.5, 0.6) is 0 Å². The molecule has 1 aliphatic heterocycles. The smallest absolute Gasteiger partial charge is 0.0349 e. The second kappa shape index (κ2) is 6.88. The van der Waals surface area contributed by atoms with Crippen LogP contribution >= 0.6 is 11.3 Å². The van der Waals surface area contributed by atoms with Gasteiger partial charge in [-0.15, -0.1) is 11.3 Å². The monoisotopic (exact) mass is 303 g/mol. The Morgan fingerprint density at radius 3 is 2.76 bits per heavy atom. The summed E-state index contributed by atoms with van der Waals surface area (Å²) in [5, 5.41) is 1.39. The number of hydrogen-bond acceptors (Lipinski definition) is 4. The van der Waals surface area contributed by atoms with E-state index in [1.54, 1.807) is 0 Å². The third-order valence-electron chi connectivity index (χ3n) is 4.39. The fraction of sp³-hybridized carbons (Fsp3) is 0.529. The van der Waals surface area contributed by atoms with E-state index in [2.05, 4.69) is 41.1 Å². The van der Waals surface area contributed by atoms with Crippen molar-refractivity contribution in [1.82, 2.24) is 9.80 Å². The number of likely N-dealkylation sites (N-methyl/N-ethyl adjacent to an activating group) is 1. The standard InChI is InChI=1S/C17H25N3S/c1-19(10-11-20-8-4-5-9-20)13-15-14-6-2-3-7-16(14)21-17(15)12-18/h2-3,6-7H,4-5,8-13,18H2,1H3. The highest BCUT2D eigenvalue weighted by molar-refractivity contribution is 7.19. The highest BCUT2D eigenvalue weighted by atomic mass is 32.1. The minimum absolute atomic E-state index is 0.647. The highest BCUT2D eigenvalue weighted by Crippen LogP contribution is 2.31. The summed E-state index contributed by atoms with van der Waals surface area (Å²) in [5.41, 5.74) is 7.38. The first kappa shape index (κ1) is 15.0. The molecule has 1 saturated heterocycles. The summed E-state index contributed by atoms with van der Waals surface area (Å²) in [7, 11) is 2.23. The second-order valence-electron chi connectivity index (χ2n) is 5.99. The van der Waals surface area contributed by atoms with Crippen molar-refractivity contribution < 1.29 is 0 Å². The SMILES string of the molecule is CN(CCN1CCCC1)Cc1c(CN)sc2ccccc12. The largest absolute Gasteiger partial charge is 0.326 e. The molecule has 4 heteroatoms. The number of nitrogens with two attached hydrogens (primary N) is 1. The predicted octanol–water partition coefficient (Wildman–Crippen LogP) is 2.89. The zero-order valence-corrected chi connectivity index (χ0v) is 13.7. The van der Waals surface area contributed by atoms with E-state index in [1.807, 2.05) is 11.3 Å². The second-order valence-corrected chi connectivity index (χ2v) is 7.13. The van der Waals surface area contributed by atoms with Crippen molar-refractivity contribution in [2.24, 2.45) is 5.73 Å². The molecule has 3 nitrogen and oxygen atoms in total.